The number of hydrogen-bond donors (Lipinski definition) is 1. The van der Waals surface area contributed by atoms with E-state index in [2.05, 4.69) is 35.1 Å². The normalized spacial score (nSPS) is 20.3. The molecule has 1 fully saturated rings. The van der Waals surface area contributed by atoms with Crippen molar-refractivity contribution in [3.63, 3.8) is 0 Å². The average Bonchev–Trinajstić information content (AvgIpc) is 2.85. The second-order valence-corrected chi connectivity index (χ2v) is 5.99. The molecule has 96 valence electrons. The van der Waals surface area contributed by atoms with Crippen LogP contribution >= 0.6 is 15.9 Å². The zero-order valence-corrected chi connectivity index (χ0v) is 11.7. The molecule has 1 unspecified atom stereocenters. The van der Waals surface area contributed by atoms with Gasteiger partial charge in [0.15, 0.2) is 0 Å². The van der Waals surface area contributed by atoms with Crippen molar-refractivity contribution in [2.75, 3.05) is 0 Å². The van der Waals surface area contributed by atoms with Crippen molar-refractivity contribution in [3.05, 3.63) is 38.3 Å². The molecule has 1 N–H and O–H groups in total. The van der Waals surface area contributed by atoms with Crippen LogP contribution in [-0.2, 0) is 0 Å². The van der Waals surface area contributed by atoms with Crippen LogP contribution in [0.25, 0.3) is 0 Å². The van der Waals surface area contributed by atoms with E-state index >= 15 is 0 Å². The molecule has 0 aromatic heterocycles. The van der Waals surface area contributed by atoms with Crippen molar-refractivity contribution in [1.29, 1.82) is 0 Å². The van der Waals surface area contributed by atoms with Crippen LogP contribution in [0.4, 0.5) is 5.69 Å². The summed E-state index contributed by atoms with van der Waals surface area (Å²) in [6.45, 7) is 4.14. The third kappa shape index (κ3) is 2.53. The molecule has 1 aromatic rings. The van der Waals surface area contributed by atoms with Crippen molar-refractivity contribution in [2.45, 2.75) is 26.3 Å². The van der Waals surface area contributed by atoms with Crippen LogP contribution in [0.15, 0.2) is 22.7 Å². The van der Waals surface area contributed by atoms with E-state index in [1.165, 1.54) is 18.2 Å². The lowest BCUT2D eigenvalue weighted by atomic mass is 10.1. The third-order valence-corrected chi connectivity index (χ3v) is 3.92. The van der Waals surface area contributed by atoms with Gasteiger partial charge in [-0.15, -0.1) is 0 Å². The molecule has 0 radical (unpaired) electrons. The maximum atomic E-state index is 12.0. The number of non-ortho nitro benzene ring substituents is 1. The van der Waals surface area contributed by atoms with Crippen molar-refractivity contribution < 1.29 is 9.72 Å². The van der Waals surface area contributed by atoms with E-state index in [9.17, 15) is 14.9 Å². The van der Waals surface area contributed by atoms with Crippen molar-refractivity contribution in [1.82, 2.24) is 5.32 Å². The summed E-state index contributed by atoms with van der Waals surface area (Å²) in [7, 11) is 0. The number of nitro benzene ring substituents is 1. The predicted molar refractivity (Wildman–Crippen MR) is 70.4 cm³/mol. The largest absolute Gasteiger partial charge is 0.349 e. The summed E-state index contributed by atoms with van der Waals surface area (Å²) in [6.07, 6.45) is 0.936. The molecule has 1 atom stereocenters. The molecule has 1 saturated carbocycles. The number of amides is 1. The number of nitrogens with zero attached hydrogens (tertiary/aromatic N) is 1. The highest BCUT2D eigenvalue weighted by Gasteiger charge is 2.46. The van der Waals surface area contributed by atoms with Gasteiger partial charge < -0.3 is 5.32 Å². The van der Waals surface area contributed by atoms with Gasteiger partial charge in [0.05, 0.1) is 10.5 Å². The molecule has 1 amide bonds. The summed E-state index contributed by atoms with van der Waals surface area (Å²) in [5.41, 5.74) is 0.341. The Kier molecular flexibility index (Phi) is 3.14. The van der Waals surface area contributed by atoms with Gasteiger partial charge >= 0.3 is 0 Å². The summed E-state index contributed by atoms with van der Waals surface area (Å²) in [5.74, 6) is -0.277. The topological polar surface area (TPSA) is 72.2 Å². The summed E-state index contributed by atoms with van der Waals surface area (Å²) in [6, 6.07) is 4.32. The molecule has 6 heteroatoms. The number of nitrogens with one attached hydrogen (secondary N) is 1. The monoisotopic (exact) mass is 312 g/mol. The smallest absolute Gasteiger partial charge is 0.270 e. The lowest BCUT2D eigenvalue weighted by Crippen LogP contribution is -2.28. The summed E-state index contributed by atoms with van der Waals surface area (Å²) >= 11 is 3.24. The molecule has 5 nitrogen and oxygen atoms in total. The molecule has 18 heavy (non-hydrogen) atoms. The molecule has 0 spiro atoms. The van der Waals surface area contributed by atoms with Gasteiger partial charge in [0.2, 0.25) is 0 Å². The summed E-state index contributed by atoms with van der Waals surface area (Å²) in [4.78, 5) is 22.2. The fourth-order valence-corrected chi connectivity index (χ4v) is 2.18. The lowest BCUT2D eigenvalue weighted by Gasteiger charge is -2.08. The molecular formula is C12H13BrN2O3. The Bertz CT molecular complexity index is 528. The molecule has 2 rings (SSSR count). The van der Waals surface area contributed by atoms with E-state index in [4.69, 9.17) is 0 Å². The third-order valence-electron chi connectivity index (χ3n) is 3.22. The fourth-order valence-electron chi connectivity index (χ4n) is 1.75. The van der Waals surface area contributed by atoms with E-state index in [0.717, 1.165) is 6.42 Å². The van der Waals surface area contributed by atoms with Gasteiger partial charge in [-0.3, -0.25) is 14.9 Å². The van der Waals surface area contributed by atoms with Crippen LogP contribution in [-0.4, -0.2) is 16.9 Å². The van der Waals surface area contributed by atoms with Gasteiger partial charge in [0.1, 0.15) is 0 Å². The van der Waals surface area contributed by atoms with Gasteiger partial charge in [-0.2, -0.15) is 0 Å². The zero-order chi connectivity index (χ0) is 13.5. The van der Waals surface area contributed by atoms with Gasteiger partial charge in [-0.25, -0.2) is 0 Å². The molecule has 1 aliphatic carbocycles. The quantitative estimate of drug-likeness (QED) is 0.689. The van der Waals surface area contributed by atoms with Crippen molar-refractivity contribution in [3.8, 4) is 0 Å². The number of benzene rings is 1. The minimum Gasteiger partial charge on any atom is -0.349 e. The number of rotatable bonds is 3. The SMILES string of the molecule is CC1(C)CC1NC(=O)c1cc([N+](=O)[O-])ccc1Br. The number of halogens is 1. The van der Waals surface area contributed by atoms with Crippen LogP contribution in [0.3, 0.4) is 0 Å². The van der Waals surface area contributed by atoms with Gasteiger partial charge in [0, 0.05) is 22.6 Å². The van der Waals surface area contributed by atoms with E-state index in [-0.39, 0.29) is 23.1 Å². The van der Waals surface area contributed by atoms with E-state index < -0.39 is 4.92 Å². The maximum Gasteiger partial charge on any atom is 0.270 e. The maximum absolute atomic E-state index is 12.0. The van der Waals surface area contributed by atoms with Crippen LogP contribution in [0.5, 0.6) is 0 Å². The highest BCUT2D eigenvalue weighted by Crippen LogP contribution is 2.44. The summed E-state index contributed by atoms with van der Waals surface area (Å²) < 4.78 is 0.559. The first-order valence-electron chi connectivity index (χ1n) is 5.56. The van der Waals surface area contributed by atoms with Crippen LogP contribution < -0.4 is 5.32 Å². The van der Waals surface area contributed by atoms with Crippen molar-refractivity contribution in [2.24, 2.45) is 5.41 Å². The first kappa shape index (κ1) is 13.0. The molecule has 1 aliphatic rings. The molecule has 1 aromatic carbocycles. The van der Waals surface area contributed by atoms with Gasteiger partial charge in [-0.05, 0) is 33.8 Å². The van der Waals surface area contributed by atoms with Gasteiger partial charge in [-0.1, -0.05) is 13.8 Å². The molecule has 0 saturated heterocycles. The number of hydrogen-bond acceptors (Lipinski definition) is 3. The minimum atomic E-state index is -0.510. The number of nitro groups is 1. The minimum absolute atomic E-state index is 0.0848. The van der Waals surface area contributed by atoms with Crippen LogP contribution in [0, 0.1) is 15.5 Å². The highest BCUT2D eigenvalue weighted by atomic mass is 79.9. The van der Waals surface area contributed by atoms with Crippen molar-refractivity contribution >= 4 is 27.5 Å². The van der Waals surface area contributed by atoms with E-state index in [0.29, 0.717) is 10.0 Å². The Morgan fingerprint density at radius 3 is 2.67 bits per heavy atom. The standard InChI is InChI=1S/C12H13BrN2O3/c1-12(2)6-10(12)14-11(16)8-5-7(15(17)18)3-4-9(8)13/h3-5,10H,6H2,1-2H3,(H,14,16). The molecule has 0 bridgehead atoms. The predicted octanol–water partition coefficient (Wildman–Crippen LogP) is 2.89. The zero-order valence-electron chi connectivity index (χ0n) is 10.1. The van der Waals surface area contributed by atoms with Crippen LogP contribution in [0.1, 0.15) is 30.6 Å². The second kappa shape index (κ2) is 4.35. The lowest BCUT2D eigenvalue weighted by molar-refractivity contribution is -0.384. The van der Waals surface area contributed by atoms with Gasteiger partial charge in [0.25, 0.3) is 11.6 Å². The molecule has 0 aliphatic heterocycles. The number of carbonyl (C=O) groups is 1. The Balaban J connectivity index is 2.19. The van der Waals surface area contributed by atoms with E-state index in [1.54, 1.807) is 0 Å². The Morgan fingerprint density at radius 1 is 1.56 bits per heavy atom. The second-order valence-electron chi connectivity index (χ2n) is 5.14. The highest BCUT2D eigenvalue weighted by molar-refractivity contribution is 9.10. The Morgan fingerprint density at radius 2 is 2.17 bits per heavy atom. The first-order chi connectivity index (χ1) is 8.31. The summed E-state index contributed by atoms with van der Waals surface area (Å²) in [5, 5.41) is 13.6. The molecular weight excluding hydrogens is 300 g/mol. The first-order valence-corrected chi connectivity index (χ1v) is 6.35. The molecule has 0 heterocycles. The van der Waals surface area contributed by atoms with E-state index in [1.807, 2.05) is 0 Å². The Hall–Kier alpha value is -1.43. The number of carbonyl (C=O) groups excluding carboxylic acids is 1. The fraction of sp³-hybridized carbons (Fsp3) is 0.417. The Labute approximate surface area is 113 Å². The average molecular weight is 313 g/mol. The van der Waals surface area contributed by atoms with Crippen LogP contribution in [0.2, 0.25) is 0 Å².